The molecule has 0 aliphatic rings. The van der Waals surface area contributed by atoms with Crippen molar-refractivity contribution in [3.63, 3.8) is 0 Å². The van der Waals surface area contributed by atoms with Crippen molar-refractivity contribution in [1.29, 1.82) is 0 Å². The number of hydrogen-bond acceptors (Lipinski definition) is 3. The Morgan fingerprint density at radius 3 is 2.23 bits per heavy atom. The second-order valence-electron chi connectivity index (χ2n) is 8.52. The summed E-state index contributed by atoms with van der Waals surface area (Å²) in [5.41, 5.74) is 7.75. The lowest BCUT2D eigenvalue weighted by atomic mass is 9.92. The summed E-state index contributed by atoms with van der Waals surface area (Å²) >= 11 is 0. The van der Waals surface area contributed by atoms with E-state index in [0.29, 0.717) is 5.82 Å². The van der Waals surface area contributed by atoms with E-state index in [0.717, 1.165) is 11.3 Å². The van der Waals surface area contributed by atoms with Gasteiger partial charge >= 0.3 is 0 Å². The molecule has 1 unspecified atom stereocenters. The van der Waals surface area contributed by atoms with Crippen LogP contribution in [0.2, 0.25) is 0 Å². The van der Waals surface area contributed by atoms with E-state index in [1.807, 2.05) is 41.1 Å². The van der Waals surface area contributed by atoms with Crippen LogP contribution < -0.4 is 11.1 Å². The van der Waals surface area contributed by atoms with E-state index in [-0.39, 0.29) is 41.7 Å². The largest absolute Gasteiger partial charge is 0.324 e. The molecule has 0 saturated heterocycles. The summed E-state index contributed by atoms with van der Waals surface area (Å²) < 4.78 is 1.87. The number of nitrogens with two attached hydrogens (primary N) is 1. The van der Waals surface area contributed by atoms with Gasteiger partial charge in [-0.2, -0.15) is 5.10 Å². The fourth-order valence-corrected chi connectivity index (χ4v) is 2.56. The number of benzene rings is 1. The van der Waals surface area contributed by atoms with Gasteiger partial charge in [0.2, 0.25) is 5.91 Å². The molecule has 1 aromatic carbocycles. The molecule has 0 spiro atoms. The molecule has 144 valence electrons. The van der Waals surface area contributed by atoms with Crippen LogP contribution in [-0.2, 0) is 15.7 Å². The van der Waals surface area contributed by atoms with Gasteiger partial charge in [-0.1, -0.05) is 51.1 Å². The third-order valence-electron chi connectivity index (χ3n) is 4.01. The normalized spacial score (nSPS) is 13.0. The summed E-state index contributed by atoms with van der Waals surface area (Å²) in [4.78, 5) is 12.5. The predicted octanol–water partition coefficient (Wildman–Crippen LogP) is 4.39. The van der Waals surface area contributed by atoms with Crippen LogP contribution in [0.1, 0.15) is 65.3 Å². The van der Waals surface area contributed by atoms with Gasteiger partial charge in [-0.15, -0.1) is 12.4 Å². The fraction of sp³-hybridized carbons (Fsp3) is 0.500. The van der Waals surface area contributed by atoms with Gasteiger partial charge in [-0.25, -0.2) is 4.68 Å². The van der Waals surface area contributed by atoms with Crippen LogP contribution in [0.5, 0.6) is 0 Å². The minimum absolute atomic E-state index is 0. The first-order valence-corrected chi connectivity index (χ1v) is 8.70. The van der Waals surface area contributed by atoms with E-state index >= 15 is 0 Å². The molecule has 2 aromatic rings. The third-order valence-corrected chi connectivity index (χ3v) is 4.01. The van der Waals surface area contributed by atoms with Crippen molar-refractivity contribution < 1.29 is 4.79 Å². The van der Waals surface area contributed by atoms with Crippen LogP contribution in [-0.4, -0.2) is 15.7 Å². The number of carbonyl (C=O) groups excluding carboxylic acids is 1. The molecular formula is C20H31ClN4O. The number of nitrogens with zero attached hydrogens (tertiary/aromatic N) is 2. The summed E-state index contributed by atoms with van der Waals surface area (Å²) in [5, 5.41) is 7.71. The monoisotopic (exact) mass is 378 g/mol. The van der Waals surface area contributed by atoms with E-state index < -0.39 is 0 Å². The Labute approximate surface area is 162 Å². The van der Waals surface area contributed by atoms with Crippen molar-refractivity contribution in [2.75, 3.05) is 5.32 Å². The van der Waals surface area contributed by atoms with Crippen LogP contribution in [0.4, 0.5) is 5.82 Å². The maximum atomic E-state index is 12.5. The van der Waals surface area contributed by atoms with Gasteiger partial charge in [-0.3, -0.25) is 4.79 Å². The van der Waals surface area contributed by atoms with Crippen LogP contribution in [0, 0.1) is 0 Å². The van der Waals surface area contributed by atoms with Crippen molar-refractivity contribution in [1.82, 2.24) is 9.78 Å². The molecule has 0 radical (unpaired) electrons. The molecule has 5 nitrogen and oxygen atoms in total. The molecule has 2 rings (SSSR count). The molecule has 0 aliphatic carbocycles. The Morgan fingerprint density at radius 1 is 1.15 bits per heavy atom. The molecular weight excluding hydrogens is 348 g/mol. The zero-order valence-electron chi connectivity index (χ0n) is 16.5. The fourth-order valence-electron chi connectivity index (χ4n) is 2.56. The molecule has 0 fully saturated rings. The molecule has 1 aromatic heterocycles. The van der Waals surface area contributed by atoms with E-state index in [2.05, 4.69) is 46.9 Å². The maximum Gasteiger partial charge on any atom is 0.227 e. The van der Waals surface area contributed by atoms with Gasteiger partial charge in [0.1, 0.15) is 5.82 Å². The van der Waals surface area contributed by atoms with Crippen LogP contribution in [0.25, 0.3) is 0 Å². The Bertz CT molecular complexity index is 727. The summed E-state index contributed by atoms with van der Waals surface area (Å²) in [5.74, 6) is 0.602. The van der Waals surface area contributed by atoms with E-state index in [4.69, 9.17) is 10.8 Å². The van der Waals surface area contributed by atoms with Crippen molar-refractivity contribution in [2.24, 2.45) is 5.73 Å². The predicted molar refractivity (Wildman–Crippen MR) is 110 cm³/mol. The SMILES string of the molecule is CC(C)(C)c1cc(NC(=O)CC(N)c2ccccc2)n(C(C)(C)C)n1.Cl. The van der Waals surface area contributed by atoms with Crippen molar-refractivity contribution >= 4 is 24.1 Å². The van der Waals surface area contributed by atoms with Crippen LogP contribution >= 0.6 is 12.4 Å². The van der Waals surface area contributed by atoms with Gasteiger partial charge in [0.25, 0.3) is 0 Å². The van der Waals surface area contributed by atoms with Gasteiger partial charge < -0.3 is 11.1 Å². The molecule has 6 heteroatoms. The number of carbonyl (C=O) groups is 1. The highest BCUT2D eigenvalue weighted by molar-refractivity contribution is 5.90. The summed E-state index contributed by atoms with van der Waals surface area (Å²) in [6.07, 6.45) is 0.226. The lowest BCUT2D eigenvalue weighted by Crippen LogP contribution is -2.28. The Balaban J connectivity index is 0.00000338. The minimum Gasteiger partial charge on any atom is -0.324 e. The summed E-state index contributed by atoms with van der Waals surface area (Å²) in [6.45, 7) is 12.5. The zero-order chi connectivity index (χ0) is 18.8. The number of rotatable bonds is 4. The zero-order valence-corrected chi connectivity index (χ0v) is 17.4. The molecule has 3 N–H and O–H groups in total. The first-order chi connectivity index (χ1) is 11.5. The number of aromatic nitrogens is 2. The van der Waals surface area contributed by atoms with Crippen molar-refractivity contribution in [2.45, 2.75) is 65.0 Å². The number of amides is 1. The molecule has 1 amide bonds. The highest BCUT2D eigenvalue weighted by Gasteiger charge is 2.26. The molecule has 0 saturated carbocycles. The number of hydrogen-bond donors (Lipinski definition) is 2. The average Bonchev–Trinajstić information content (AvgIpc) is 2.92. The number of halogens is 1. The highest BCUT2D eigenvalue weighted by Crippen LogP contribution is 2.28. The van der Waals surface area contributed by atoms with E-state index in [1.54, 1.807) is 0 Å². The first-order valence-electron chi connectivity index (χ1n) is 8.70. The topological polar surface area (TPSA) is 72.9 Å². The molecule has 1 atom stereocenters. The Morgan fingerprint density at radius 2 is 1.73 bits per heavy atom. The van der Waals surface area contributed by atoms with Crippen molar-refractivity contribution in [3.05, 3.63) is 47.7 Å². The second-order valence-corrected chi connectivity index (χ2v) is 8.52. The molecule has 1 heterocycles. The lowest BCUT2D eigenvalue weighted by Gasteiger charge is -2.23. The van der Waals surface area contributed by atoms with Gasteiger partial charge in [-0.05, 0) is 26.3 Å². The Hall–Kier alpha value is -1.85. The van der Waals surface area contributed by atoms with E-state index in [1.165, 1.54) is 0 Å². The lowest BCUT2D eigenvalue weighted by molar-refractivity contribution is -0.116. The molecule has 26 heavy (non-hydrogen) atoms. The summed E-state index contributed by atoms with van der Waals surface area (Å²) in [6, 6.07) is 11.3. The van der Waals surface area contributed by atoms with E-state index in [9.17, 15) is 4.79 Å². The number of nitrogens with one attached hydrogen (secondary N) is 1. The molecule has 0 bridgehead atoms. The highest BCUT2D eigenvalue weighted by atomic mass is 35.5. The smallest absolute Gasteiger partial charge is 0.227 e. The standard InChI is InChI=1S/C20H30N4O.ClH/c1-19(2,3)16-13-17(24(23-16)20(4,5)6)22-18(25)12-15(21)14-10-8-7-9-11-14;/h7-11,13,15H,12,21H2,1-6H3,(H,22,25);1H. The van der Waals surface area contributed by atoms with Crippen molar-refractivity contribution in [3.8, 4) is 0 Å². The second kappa shape index (κ2) is 8.23. The van der Waals surface area contributed by atoms with Crippen LogP contribution in [0.15, 0.2) is 36.4 Å². The third kappa shape index (κ3) is 5.58. The minimum atomic E-state index is -0.325. The first kappa shape index (κ1) is 22.2. The Kier molecular flexibility index (Phi) is 7.02. The van der Waals surface area contributed by atoms with Gasteiger partial charge in [0.05, 0.1) is 11.2 Å². The quantitative estimate of drug-likeness (QED) is 0.828. The molecule has 0 aliphatic heterocycles. The van der Waals surface area contributed by atoms with Gasteiger partial charge in [0, 0.05) is 23.9 Å². The average molecular weight is 379 g/mol. The maximum absolute atomic E-state index is 12.5. The van der Waals surface area contributed by atoms with Gasteiger partial charge in [0.15, 0.2) is 0 Å². The number of anilines is 1. The van der Waals surface area contributed by atoms with Crippen LogP contribution in [0.3, 0.4) is 0 Å². The summed E-state index contributed by atoms with van der Waals surface area (Å²) in [7, 11) is 0.